The van der Waals surface area contributed by atoms with Gasteiger partial charge in [0.25, 0.3) is 0 Å². The van der Waals surface area contributed by atoms with Crippen LogP contribution in [0.3, 0.4) is 0 Å². The molecule has 0 nitrogen and oxygen atoms in total. The van der Waals surface area contributed by atoms with Gasteiger partial charge in [-0.2, -0.15) is 0 Å². The maximum atomic E-state index is 2.36. The Balaban J connectivity index is -0.0000000335. The summed E-state index contributed by atoms with van der Waals surface area (Å²) in [7, 11) is 0. The van der Waals surface area contributed by atoms with Crippen LogP contribution in [0.25, 0.3) is 0 Å². The molecule has 1 aliphatic carbocycles. The van der Waals surface area contributed by atoms with Gasteiger partial charge in [0.15, 0.2) is 0 Å². The molecule has 0 radical (unpaired) electrons. The predicted molar refractivity (Wildman–Crippen MR) is 63.7 cm³/mol. The van der Waals surface area contributed by atoms with Gasteiger partial charge in [0.05, 0.1) is 0 Å². The van der Waals surface area contributed by atoms with Crippen LogP contribution in [0.4, 0.5) is 0 Å². The molecule has 0 heterocycles. The van der Waals surface area contributed by atoms with E-state index < -0.39 is 0 Å². The van der Waals surface area contributed by atoms with Crippen LogP contribution in [-0.2, 0) is 21.1 Å². The molecule has 90 valence electrons. The summed E-state index contributed by atoms with van der Waals surface area (Å²) in [5, 5.41) is 0. The van der Waals surface area contributed by atoms with Crippen molar-refractivity contribution in [3.8, 4) is 0 Å². The largest absolute Gasteiger partial charge is 0.0776 e. The molecule has 0 aliphatic heterocycles. The normalized spacial score (nSPS) is 23.1. The van der Waals surface area contributed by atoms with Gasteiger partial charge in [0, 0.05) is 21.1 Å². The zero-order valence-corrected chi connectivity index (χ0v) is 9.86. The fourth-order valence-corrected chi connectivity index (χ4v) is 1.33. The molecule has 0 amide bonds. The van der Waals surface area contributed by atoms with Crippen LogP contribution in [0.1, 0.15) is 69.2 Å². The monoisotopic (exact) mass is 371 g/mol. The average Bonchev–Trinajstić information content (AvgIpc) is 2.23. The van der Waals surface area contributed by atoms with Crippen molar-refractivity contribution in [1.82, 2.24) is 0 Å². The molecule has 2 atom stereocenters. The second kappa shape index (κ2) is 18.5. The maximum Gasteiger partial charge on any atom is 0 e. The molecule has 1 rings (SSSR count). The van der Waals surface area contributed by atoms with Gasteiger partial charge >= 0.3 is 0 Å². The van der Waals surface area contributed by atoms with Crippen molar-refractivity contribution in [2.24, 2.45) is 11.8 Å². The van der Waals surface area contributed by atoms with E-state index >= 15 is 0 Å². The Morgan fingerprint density at radius 2 is 1.00 bits per heavy atom. The van der Waals surface area contributed by atoms with Gasteiger partial charge in [0.2, 0.25) is 0 Å². The van der Waals surface area contributed by atoms with Gasteiger partial charge < -0.3 is 0 Å². The summed E-state index contributed by atoms with van der Waals surface area (Å²) in [6, 6.07) is 0. The number of hydrogen-bond acceptors (Lipinski definition) is 0. The van der Waals surface area contributed by atoms with Crippen molar-refractivity contribution >= 4 is 0 Å². The minimum atomic E-state index is 0. The summed E-state index contributed by atoms with van der Waals surface area (Å²) in [5.41, 5.74) is 0. The van der Waals surface area contributed by atoms with Gasteiger partial charge in [0.1, 0.15) is 0 Å². The van der Waals surface area contributed by atoms with Crippen molar-refractivity contribution in [2.75, 3.05) is 0 Å². The van der Waals surface area contributed by atoms with Crippen LogP contribution >= 0.6 is 0 Å². The summed E-state index contributed by atoms with van der Waals surface area (Å²) < 4.78 is 0. The molecule has 0 bridgehead atoms. The van der Waals surface area contributed by atoms with E-state index in [0.717, 1.165) is 11.8 Å². The standard InChI is InChI=1S/C7H14.C2H6.3CH4.Pt/c1-6-4-3-5-7(6)2;1-2;;;;/h6-7H,3-5H2,1-2H3;1-2H3;3*1H4;. The first-order valence-electron chi connectivity index (χ1n) is 4.30. The second-order valence-corrected chi connectivity index (χ2v) is 2.89. The second-order valence-electron chi connectivity index (χ2n) is 2.89. The van der Waals surface area contributed by atoms with Crippen molar-refractivity contribution in [2.45, 2.75) is 69.2 Å². The van der Waals surface area contributed by atoms with Gasteiger partial charge in [-0.25, -0.2) is 0 Å². The van der Waals surface area contributed by atoms with Crippen LogP contribution in [0.15, 0.2) is 0 Å². The third kappa shape index (κ3) is 12.7. The summed E-state index contributed by atoms with van der Waals surface area (Å²) in [6.07, 6.45) is 4.42. The summed E-state index contributed by atoms with van der Waals surface area (Å²) in [5.74, 6) is 2.03. The van der Waals surface area contributed by atoms with Gasteiger partial charge in [-0.1, -0.05) is 69.2 Å². The van der Waals surface area contributed by atoms with Crippen molar-refractivity contribution in [3.63, 3.8) is 0 Å². The zero-order chi connectivity index (χ0) is 7.28. The molecular weight excluding hydrogens is 339 g/mol. The first-order valence-corrected chi connectivity index (χ1v) is 4.30. The van der Waals surface area contributed by atoms with Gasteiger partial charge in [-0.15, -0.1) is 0 Å². The fraction of sp³-hybridized carbons (Fsp3) is 1.00. The molecule has 1 fully saturated rings. The molecular formula is C12H32Pt. The maximum absolute atomic E-state index is 2.36. The topological polar surface area (TPSA) is 0 Å². The Morgan fingerprint density at radius 1 is 0.769 bits per heavy atom. The van der Waals surface area contributed by atoms with E-state index in [4.69, 9.17) is 0 Å². The van der Waals surface area contributed by atoms with Gasteiger partial charge in [-0.05, 0) is 11.8 Å². The molecule has 13 heavy (non-hydrogen) atoms. The molecule has 0 saturated heterocycles. The van der Waals surface area contributed by atoms with Crippen LogP contribution in [0.5, 0.6) is 0 Å². The number of rotatable bonds is 0. The SMILES string of the molecule is C.C.C.CC.CC1CCCC1C.[Pt]. The first kappa shape index (κ1) is 29.2. The predicted octanol–water partition coefficient (Wildman–Crippen LogP) is 5.37. The van der Waals surface area contributed by atoms with Gasteiger partial charge in [-0.3, -0.25) is 0 Å². The van der Waals surface area contributed by atoms with Crippen molar-refractivity contribution < 1.29 is 21.1 Å². The summed E-state index contributed by atoms with van der Waals surface area (Å²) in [4.78, 5) is 0. The van der Waals surface area contributed by atoms with Crippen molar-refractivity contribution in [3.05, 3.63) is 0 Å². The molecule has 0 aromatic carbocycles. The Hall–Kier alpha value is 0.688. The first-order chi connectivity index (χ1) is 4.30. The van der Waals surface area contributed by atoms with Crippen molar-refractivity contribution in [1.29, 1.82) is 0 Å². The smallest absolute Gasteiger partial charge is 0 e. The number of hydrogen-bond donors (Lipinski definition) is 0. The van der Waals surface area contributed by atoms with E-state index in [1.165, 1.54) is 19.3 Å². The molecule has 1 saturated carbocycles. The minimum absolute atomic E-state index is 0. The molecule has 0 aromatic heterocycles. The van der Waals surface area contributed by atoms with E-state index in [9.17, 15) is 0 Å². The average molecular weight is 371 g/mol. The van der Waals surface area contributed by atoms with Crippen LogP contribution in [-0.4, -0.2) is 0 Å². The van der Waals surface area contributed by atoms with E-state index in [-0.39, 0.29) is 43.3 Å². The Labute approximate surface area is 102 Å². The van der Waals surface area contributed by atoms with E-state index in [1.807, 2.05) is 13.8 Å². The fourth-order valence-electron chi connectivity index (χ4n) is 1.33. The molecule has 1 heteroatoms. The Bertz CT molecular complexity index is 54.1. The Kier molecular flexibility index (Phi) is 41.5. The Morgan fingerprint density at radius 3 is 1.08 bits per heavy atom. The van der Waals surface area contributed by atoms with E-state index in [1.54, 1.807) is 0 Å². The van der Waals surface area contributed by atoms with E-state index in [0.29, 0.717) is 0 Å². The van der Waals surface area contributed by atoms with E-state index in [2.05, 4.69) is 13.8 Å². The molecule has 0 spiro atoms. The van der Waals surface area contributed by atoms with Crippen LogP contribution in [0.2, 0.25) is 0 Å². The van der Waals surface area contributed by atoms with Crippen LogP contribution < -0.4 is 0 Å². The third-order valence-electron chi connectivity index (χ3n) is 2.29. The zero-order valence-electron chi connectivity index (χ0n) is 7.59. The summed E-state index contributed by atoms with van der Waals surface area (Å²) >= 11 is 0. The molecule has 1 aliphatic rings. The van der Waals surface area contributed by atoms with Crippen LogP contribution in [0, 0.1) is 11.8 Å². The third-order valence-corrected chi connectivity index (χ3v) is 2.29. The molecule has 0 aromatic rings. The molecule has 0 N–H and O–H groups in total. The quantitative estimate of drug-likeness (QED) is 0.537. The summed E-state index contributed by atoms with van der Waals surface area (Å²) in [6.45, 7) is 8.72. The molecule has 2 unspecified atom stereocenters. The minimum Gasteiger partial charge on any atom is -0.0776 e.